The van der Waals surface area contributed by atoms with Gasteiger partial charge < -0.3 is 0 Å². The number of hydrogen-bond acceptors (Lipinski definition) is 5. The molecule has 9 heteroatoms. The normalized spacial score (nSPS) is 11.4. The molecular weight excluding hydrogens is 272 g/mol. The quantitative estimate of drug-likeness (QED) is 0.621. The Morgan fingerprint density at radius 3 is 2.53 bits per heavy atom. The average Bonchev–Trinajstić information content (AvgIpc) is 2.91. The van der Waals surface area contributed by atoms with E-state index < -0.39 is 14.9 Å². The second-order valence-electron chi connectivity index (χ2n) is 3.68. The van der Waals surface area contributed by atoms with Crippen LogP contribution < -0.4 is 4.72 Å². The van der Waals surface area contributed by atoms with Gasteiger partial charge in [0, 0.05) is 24.9 Å². The minimum atomic E-state index is -3.62. The Balaban J connectivity index is 2.05. The number of rotatable bonds is 5. The first kappa shape index (κ1) is 13.2. The molecule has 0 aliphatic carbocycles. The van der Waals surface area contributed by atoms with Crippen LogP contribution in [0.3, 0.4) is 0 Å². The Morgan fingerprint density at radius 2 is 2.00 bits per heavy atom. The highest BCUT2D eigenvalue weighted by molar-refractivity contribution is 7.89. The number of nitro groups is 1. The summed E-state index contributed by atoms with van der Waals surface area (Å²) in [6.45, 7) is 0.0471. The van der Waals surface area contributed by atoms with E-state index in [9.17, 15) is 18.5 Å². The summed E-state index contributed by atoms with van der Waals surface area (Å²) in [5.41, 5.74) is 0.583. The molecule has 0 atom stereocenters. The topological polar surface area (TPSA) is 118 Å². The molecule has 0 saturated carbocycles. The van der Waals surface area contributed by atoms with E-state index in [1.807, 2.05) is 0 Å². The molecule has 0 radical (unpaired) electrons. The van der Waals surface area contributed by atoms with Crippen molar-refractivity contribution in [3.05, 3.63) is 52.3 Å². The van der Waals surface area contributed by atoms with E-state index in [2.05, 4.69) is 14.9 Å². The number of non-ortho nitro benzene ring substituents is 1. The summed E-state index contributed by atoms with van der Waals surface area (Å²) >= 11 is 0. The molecule has 0 amide bonds. The first-order chi connectivity index (χ1) is 8.99. The lowest BCUT2D eigenvalue weighted by Crippen LogP contribution is -2.22. The van der Waals surface area contributed by atoms with E-state index in [-0.39, 0.29) is 17.1 Å². The number of nitro benzene ring substituents is 1. The van der Waals surface area contributed by atoms with Crippen molar-refractivity contribution in [2.24, 2.45) is 0 Å². The van der Waals surface area contributed by atoms with Crippen LogP contribution in [0.4, 0.5) is 5.69 Å². The van der Waals surface area contributed by atoms with Gasteiger partial charge >= 0.3 is 0 Å². The molecule has 1 aromatic heterocycles. The molecule has 0 aliphatic rings. The summed E-state index contributed by atoms with van der Waals surface area (Å²) in [6, 6.07) is 5.63. The van der Waals surface area contributed by atoms with Gasteiger partial charge in [-0.15, -0.1) is 0 Å². The van der Waals surface area contributed by atoms with Crippen molar-refractivity contribution < 1.29 is 13.3 Å². The summed E-state index contributed by atoms with van der Waals surface area (Å²) in [4.78, 5) is 9.99. The third-order valence-corrected chi connectivity index (χ3v) is 3.77. The maximum absolute atomic E-state index is 11.8. The van der Waals surface area contributed by atoms with Gasteiger partial charge in [0.15, 0.2) is 0 Å². The number of H-pyrrole nitrogens is 1. The molecule has 2 rings (SSSR count). The number of sulfonamides is 1. The molecule has 100 valence electrons. The zero-order valence-corrected chi connectivity index (χ0v) is 10.4. The predicted octanol–water partition coefficient (Wildman–Crippen LogP) is 0.796. The van der Waals surface area contributed by atoms with E-state index in [0.29, 0.717) is 5.56 Å². The lowest BCUT2D eigenvalue weighted by Gasteiger charge is -2.04. The van der Waals surface area contributed by atoms with Gasteiger partial charge in [0.05, 0.1) is 11.1 Å². The van der Waals surface area contributed by atoms with Crippen LogP contribution >= 0.6 is 0 Å². The molecule has 0 bridgehead atoms. The Morgan fingerprint density at radius 1 is 1.32 bits per heavy atom. The van der Waals surface area contributed by atoms with Gasteiger partial charge in [-0.05, 0) is 5.56 Å². The van der Waals surface area contributed by atoms with Crippen LogP contribution in [0.25, 0.3) is 0 Å². The van der Waals surface area contributed by atoms with E-state index in [0.717, 1.165) is 0 Å². The van der Waals surface area contributed by atoms with Gasteiger partial charge in [-0.25, -0.2) is 13.1 Å². The van der Waals surface area contributed by atoms with Gasteiger partial charge in [-0.2, -0.15) is 5.10 Å². The Hall–Kier alpha value is -2.26. The first-order valence-electron chi connectivity index (χ1n) is 5.21. The average molecular weight is 282 g/mol. The number of benzene rings is 1. The highest BCUT2D eigenvalue weighted by Crippen LogP contribution is 2.12. The van der Waals surface area contributed by atoms with Crippen LogP contribution in [-0.4, -0.2) is 23.5 Å². The van der Waals surface area contributed by atoms with Crippen molar-refractivity contribution in [2.75, 3.05) is 0 Å². The summed E-state index contributed by atoms with van der Waals surface area (Å²) < 4.78 is 25.9. The first-order valence-corrected chi connectivity index (χ1v) is 6.69. The summed E-state index contributed by atoms with van der Waals surface area (Å²) in [7, 11) is -3.62. The van der Waals surface area contributed by atoms with Crippen LogP contribution in [-0.2, 0) is 16.6 Å². The lowest BCUT2D eigenvalue weighted by molar-refractivity contribution is -0.384. The lowest BCUT2D eigenvalue weighted by atomic mass is 10.2. The SMILES string of the molecule is O=[N+]([O-])c1ccc(CNS(=O)(=O)c2cn[nH]c2)cc1. The molecule has 2 aromatic rings. The molecule has 0 spiro atoms. The maximum Gasteiger partial charge on any atom is 0.269 e. The van der Waals surface area contributed by atoms with Crippen molar-refractivity contribution in [1.82, 2.24) is 14.9 Å². The van der Waals surface area contributed by atoms with Crippen molar-refractivity contribution in [2.45, 2.75) is 11.4 Å². The summed E-state index contributed by atoms with van der Waals surface area (Å²) in [6.07, 6.45) is 2.45. The van der Waals surface area contributed by atoms with Crippen molar-refractivity contribution >= 4 is 15.7 Å². The molecule has 19 heavy (non-hydrogen) atoms. The number of hydrogen-bond donors (Lipinski definition) is 2. The van der Waals surface area contributed by atoms with Gasteiger partial charge in [-0.1, -0.05) is 12.1 Å². The van der Waals surface area contributed by atoms with Crippen LogP contribution in [0.15, 0.2) is 41.6 Å². The van der Waals surface area contributed by atoms with Crippen LogP contribution in [0, 0.1) is 10.1 Å². The zero-order chi connectivity index (χ0) is 13.9. The molecule has 2 N–H and O–H groups in total. The van der Waals surface area contributed by atoms with Gasteiger partial charge in [0.2, 0.25) is 10.0 Å². The van der Waals surface area contributed by atoms with E-state index >= 15 is 0 Å². The van der Waals surface area contributed by atoms with E-state index in [4.69, 9.17) is 0 Å². The number of nitrogens with one attached hydrogen (secondary N) is 2. The standard InChI is InChI=1S/C10H10N4O4S/c15-14(16)9-3-1-8(2-4-9)5-13-19(17,18)10-6-11-12-7-10/h1-4,6-7,13H,5H2,(H,11,12). The molecule has 0 aliphatic heterocycles. The predicted molar refractivity (Wildman–Crippen MR) is 65.7 cm³/mol. The van der Waals surface area contributed by atoms with Crippen molar-refractivity contribution in [3.63, 3.8) is 0 Å². The molecule has 8 nitrogen and oxygen atoms in total. The zero-order valence-electron chi connectivity index (χ0n) is 9.61. The Labute approximate surface area is 108 Å². The van der Waals surface area contributed by atoms with Gasteiger partial charge in [0.25, 0.3) is 5.69 Å². The van der Waals surface area contributed by atoms with Crippen LogP contribution in [0.5, 0.6) is 0 Å². The summed E-state index contributed by atoms with van der Waals surface area (Å²) in [5, 5.41) is 16.4. The van der Waals surface area contributed by atoms with Crippen LogP contribution in [0.1, 0.15) is 5.56 Å². The largest absolute Gasteiger partial charge is 0.284 e. The maximum atomic E-state index is 11.8. The fourth-order valence-electron chi connectivity index (χ4n) is 1.38. The molecule has 1 aromatic carbocycles. The van der Waals surface area contributed by atoms with Gasteiger partial charge in [-0.3, -0.25) is 15.2 Å². The molecular formula is C10H10N4O4S. The monoisotopic (exact) mass is 282 g/mol. The summed E-state index contributed by atoms with van der Waals surface area (Å²) in [5.74, 6) is 0. The third kappa shape index (κ3) is 3.14. The molecule has 0 saturated heterocycles. The number of nitrogens with zero attached hydrogens (tertiary/aromatic N) is 2. The minimum Gasteiger partial charge on any atom is -0.284 e. The van der Waals surface area contributed by atoms with E-state index in [1.165, 1.54) is 36.7 Å². The Kier molecular flexibility index (Phi) is 3.58. The smallest absolute Gasteiger partial charge is 0.269 e. The minimum absolute atomic E-state index is 0.0365. The van der Waals surface area contributed by atoms with Crippen molar-refractivity contribution in [3.8, 4) is 0 Å². The number of aromatic amines is 1. The highest BCUT2D eigenvalue weighted by atomic mass is 32.2. The van der Waals surface area contributed by atoms with Crippen molar-refractivity contribution in [1.29, 1.82) is 0 Å². The fraction of sp³-hybridized carbons (Fsp3) is 0.100. The molecule has 0 unspecified atom stereocenters. The second kappa shape index (κ2) is 5.16. The second-order valence-corrected chi connectivity index (χ2v) is 5.45. The molecule has 1 heterocycles. The fourth-order valence-corrected chi connectivity index (χ4v) is 2.31. The van der Waals surface area contributed by atoms with E-state index in [1.54, 1.807) is 0 Å². The highest BCUT2D eigenvalue weighted by Gasteiger charge is 2.14. The Bertz CT molecular complexity index is 664. The molecule has 0 fully saturated rings. The van der Waals surface area contributed by atoms with Crippen LogP contribution in [0.2, 0.25) is 0 Å². The van der Waals surface area contributed by atoms with Gasteiger partial charge in [0.1, 0.15) is 4.90 Å². The third-order valence-electron chi connectivity index (χ3n) is 2.40. The number of aromatic nitrogens is 2.